The average Bonchev–Trinajstić information content (AvgIpc) is 3.00. The van der Waals surface area contributed by atoms with Crippen LogP contribution in [0.4, 0.5) is 5.82 Å². The molecule has 2 aromatic rings. The molecule has 3 heterocycles. The zero-order valence-electron chi connectivity index (χ0n) is 14.0. The molecule has 3 rings (SSSR count). The van der Waals surface area contributed by atoms with Gasteiger partial charge in [0.05, 0.1) is 18.3 Å². The number of carbonyl (C=O) groups is 1. The van der Waals surface area contributed by atoms with Crippen LogP contribution in [-0.4, -0.2) is 67.9 Å². The summed E-state index contributed by atoms with van der Waals surface area (Å²) in [6.07, 6.45) is 8.02. The van der Waals surface area contributed by atoms with Crippen LogP contribution in [0.1, 0.15) is 23.3 Å². The van der Waals surface area contributed by atoms with Crippen LogP contribution in [0.3, 0.4) is 0 Å². The van der Waals surface area contributed by atoms with Crippen LogP contribution in [0.2, 0.25) is 0 Å². The number of aryl methyl sites for hydroxylation is 1. The minimum Gasteiger partial charge on any atom is -0.386 e. The molecule has 0 aromatic carbocycles. The maximum atomic E-state index is 12.5. The molecule has 128 valence electrons. The van der Waals surface area contributed by atoms with Crippen molar-refractivity contribution in [2.24, 2.45) is 7.05 Å². The number of nitrogens with zero attached hydrogens (tertiary/aromatic N) is 6. The number of hydrogen-bond acceptors (Lipinski definition) is 6. The van der Waals surface area contributed by atoms with E-state index in [1.807, 2.05) is 4.90 Å². The molecule has 0 spiro atoms. The van der Waals surface area contributed by atoms with Gasteiger partial charge in [0.15, 0.2) is 0 Å². The lowest BCUT2D eigenvalue weighted by molar-refractivity contribution is -0.000418. The third-order valence-corrected chi connectivity index (χ3v) is 4.35. The van der Waals surface area contributed by atoms with E-state index in [0.29, 0.717) is 18.7 Å². The van der Waals surface area contributed by atoms with E-state index in [4.69, 9.17) is 0 Å². The van der Waals surface area contributed by atoms with Crippen molar-refractivity contribution in [1.82, 2.24) is 24.6 Å². The second-order valence-corrected chi connectivity index (χ2v) is 6.31. The standard InChI is InChI=1S/C16H22N6O2/c1-20(15(23)13-4-6-19-21(13)2)11-16(24)5-3-9-22(12-16)14-10-17-7-8-18-14/h4,6-8,10,24H,3,5,9,11-12H2,1-2H3. The first kappa shape index (κ1) is 16.4. The molecule has 0 bridgehead atoms. The molecule has 1 saturated heterocycles. The zero-order chi connectivity index (χ0) is 17.2. The number of likely N-dealkylation sites (N-methyl/N-ethyl adjacent to an activating group) is 1. The third kappa shape index (κ3) is 3.38. The fraction of sp³-hybridized carbons (Fsp3) is 0.500. The Morgan fingerprint density at radius 3 is 2.92 bits per heavy atom. The summed E-state index contributed by atoms with van der Waals surface area (Å²) in [7, 11) is 3.43. The van der Waals surface area contributed by atoms with Crippen LogP contribution >= 0.6 is 0 Å². The molecular formula is C16H22N6O2. The zero-order valence-corrected chi connectivity index (χ0v) is 14.0. The maximum absolute atomic E-state index is 12.5. The summed E-state index contributed by atoms with van der Waals surface area (Å²) < 4.78 is 1.54. The second-order valence-electron chi connectivity index (χ2n) is 6.31. The van der Waals surface area contributed by atoms with E-state index in [0.717, 1.165) is 18.8 Å². The van der Waals surface area contributed by atoms with Gasteiger partial charge < -0.3 is 14.9 Å². The van der Waals surface area contributed by atoms with Gasteiger partial charge in [-0.2, -0.15) is 5.10 Å². The lowest BCUT2D eigenvalue weighted by Crippen LogP contribution is -2.55. The number of hydrogen-bond donors (Lipinski definition) is 1. The van der Waals surface area contributed by atoms with Gasteiger partial charge in [-0.05, 0) is 18.9 Å². The highest BCUT2D eigenvalue weighted by atomic mass is 16.3. The molecule has 8 heteroatoms. The Bertz CT molecular complexity index is 704. The van der Waals surface area contributed by atoms with E-state index in [9.17, 15) is 9.90 Å². The van der Waals surface area contributed by atoms with Gasteiger partial charge in [-0.1, -0.05) is 0 Å². The Kier molecular flexibility index (Phi) is 4.48. The fourth-order valence-corrected chi connectivity index (χ4v) is 3.18. The van der Waals surface area contributed by atoms with E-state index < -0.39 is 5.60 Å². The van der Waals surface area contributed by atoms with Gasteiger partial charge in [0.25, 0.3) is 5.91 Å². The quantitative estimate of drug-likeness (QED) is 0.868. The van der Waals surface area contributed by atoms with Gasteiger partial charge in [0.1, 0.15) is 11.5 Å². The molecular weight excluding hydrogens is 308 g/mol. The number of rotatable bonds is 4. The van der Waals surface area contributed by atoms with Crippen LogP contribution in [0, 0.1) is 0 Å². The van der Waals surface area contributed by atoms with Crippen molar-refractivity contribution in [1.29, 1.82) is 0 Å². The summed E-state index contributed by atoms with van der Waals surface area (Å²) in [6, 6.07) is 1.68. The average molecular weight is 330 g/mol. The van der Waals surface area contributed by atoms with Gasteiger partial charge in [0, 0.05) is 45.8 Å². The molecule has 0 radical (unpaired) electrons. The molecule has 0 aliphatic carbocycles. The van der Waals surface area contributed by atoms with E-state index in [-0.39, 0.29) is 12.5 Å². The predicted molar refractivity (Wildman–Crippen MR) is 88.6 cm³/mol. The topological polar surface area (TPSA) is 87.4 Å². The minimum absolute atomic E-state index is 0.153. The summed E-state index contributed by atoms with van der Waals surface area (Å²) in [5.74, 6) is 0.594. The molecule has 1 unspecified atom stereocenters. The largest absolute Gasteiger partial charge is 0.386 e. The monoisotopic (exact) mass is 330 g/mol. The Balaban J connectivity index is 1.69. The van der Waals surface area contributed by atoms with Gasteiger partial charge in [-0.25, -0.2) is 4.98 Å². The lowest BCUT2D eigenvalue weighted by atomic mass is 9.92. The molecule has 2 aromatic heterocycles. The maximum Gasteiger partial charge on any atom is 0.271 e. The number of β-amino-alcohol motifs (C(OH)–C–C–N with tert-alkyl or cyclic N) is 1. The van der Waals surface area contributed by atoms with Gasteiger partial charge >= 0.3 is 0 Å². The van der Waals surface area contributed by atoms with E-state index in [1.54, 1.807) is 49.8 Å². The van der Waals surface area contributed by atoms with Crippen molar-refractivity contribution < 1.29 is 9.90 Å². The molecule has 1 aliphatic rings. The van der Waals surface area contributed by atoms with E-state index in [1.165, 1.54) is 4.68 Å². The van der Waals surface area contributed by atoms with Crippen molar-refractivity contribution in [3.8, 4) is 0 Å². The van der Waals surface area contributed by atoms with Crippen LogP contribution in [0.25, 0.3) is 0 Å². The Morgan fingerprint density at radius 2 is 2.25 bits per heavy atom. The number of aliphatic hydroxyl groups is 1. The molecule has 8 nitrogen and oxygen atoms in total. The molecule has 1 atom stereocenters. The molecule has 1 aliphatic heterocycles. The molecule has 1 N–H and O–H groups in total. The number of piperidine rings is 1. The first-order valence-electron chi connectivity index (χ1n) is 7.95. The molecule has 1 fully saturated rings. The highest BCUT2D eigenvalue weighted by molar-refractivity contribution is 5.92. The summed E-state index contributed by atoms with van der Waals surface area (Å²) >= 11 is 0. The summed E-state index contributed by atoms with van der Waals surface area (Å²) in [5.41, 5.74) is -0.471. The van der Waals surface area contributed by atoms with Crippen molar-refractivity contribution in [3.63, 3.8) is 0 Å². The Hall–Kier alpha value is -2.48. The van der Waals surface area contributed by atoms with Gasteiger partial charge in [0.2, 0.25) is 0 Å². The Morgan fingerprint density at radius 1 is 1.42 bits per heavy atom. The SMILES string of the molecule is CN(CC1(O)CCCN(c2cnccn2)C1)C(=O)c1ccnn1C. The first-order valence-corrected chi connectivity index (χ1v) is 7.95. The van der Waals surface area contributed by atoms with Crippen molar-refractivity contribution in [3.05, 3.63) is 36.5 Å². The lowest BCUT2D eigenvalue weighted by Gasteiger charge is -2.41. The first-order chi connectivity index (χ1) is 11.5. The summed E-state index contributed by atoms with van der Waals surface area (Å²) in [4.78, 5) is 24.5. The highest BCUT2D eigenvalue weighted by Gasteiger charge is 2.36. The second kappa shape index (κ2) is 6.56. The van der Waals surface area contributed by atoms with Crippen LogP contribution in [-0.2, 0) is 7.05 Å². The van der Waals surface area contributed by atoms with Crippen LogP contribution < -0.4 is 4.90 Å². The highest BCUT2D eigenvalue weighted by Crippen LogP contribution is 2.25. The van der Waals surface area contributed by atoms with Gasteiger partial charge in [-0.3, -0.25) is 14.5 Å². The number of amides is 1. The van der Waals surface area contributed by atoms with Crippen molar-refractivity contribution >= 4 is 11.7 Å². The van der Waals surface area contributed by atoms with E-state index >= 15 is 0 Å². The molecule has 0 saturated carbocycles. The minimum atomic E-state index is -0.973. The van der Waals surface area contributed by atoms with Crippen LogP contribution in [0.5, 0.6) is 0 Å². The smallest absolute Gasteiger partial charge is 0.271 e. The summed E-state index contributed by atoms with van der Waals surface area (Å²) in [5, 5.41) is 15.0. The van der Waals surface area contributed by atoms with Crippen molar-refractivity contribution in [2.45, 2.75) is 18.4 Å². The normalized spacial score (nSPS) is 20.9. The molecule has 1 amide bonds. The number of aromatic nitrogens is 4. The van der Waals surface area contributed by atoms with Crippen LogP contribution in [0.15, 0.2) is 30.9 Å². The number of carbonyl (C=O) groups excluding carboxylic acids is 1. The summed E-state index contributed by atoms with van der Waals surface area (Å²) in [6.45, 7) is 1.50. The van der Waals surface area contributed by atoms with E-state index in [2.05, 4.69) is 15.1 Å². The fourth-order valence-electron chi connectivity index (χ4n) is 3.18. The molecule has 24 heavy (non-hydrogen) atoms. The van der Waals surface area contributed by atoms with Crippen molar-refractivity contribution in [2.75, 3.05) is 31.6 Å². The predicted octanol–water partition coefficient (Wildman–Crippen LogP) is 0.314. The number of anilines is 1. The van der Waals surface area contributed by atoms with Gasteiger partial charge in [-0.15, -0.1) is 0 Å². The third-order valence-electron chi connectivity index (χ3n) is 4.35. The Labute approximate surface area is 140 Å².